The molecule has 0 aromatic heterocycles. The molecule has 1 aromatic carbocycles. The minimum Gasteiger partial charge on any atom is -0.493 e. The van der Waals surface area contributed by atoms with Gasteiger partial charge in [-0.2, -0.15) is 0 Å². The van der Waals surface area contributed by atoms with E-state index in [1.807, 2.05) is 39.0 Å². The highest BCUT2D eigenvalue weighted by Gasteiger charge is 2.28. The number of ether oxygens (including phenoxy) is 4. The summed E-state index contributed by atoms with van der Waals surface area (Å²) in [5, 5.41) is 0. The molecule has 0 saturated carbocycles. The third-order valence-electron chi connectivity index (χ3n) is 2.75. The van der Waals surface area contributed by atoms with Crippen molar-refractivity contribution in [1.29, 1.82) is 0 Å². The van der Waals surface area contributed by atoms with E-state index in [9.17, 15) is 0 Å². The van der Waals surface area contributed by atoms with Crippen LogP contribution in [-0.2, 0) is 15.3 Å². The summed E-state index contributed by atoms with van der Waals surface area (Å²) in [5.74, 6) is 0.598. The maximum Gasteiger partial charge on any atom is 0.191 e. The van der Waals surface area contributed by atoms with E-state index < -0.39 is 5.79 Å². The molecule has 0 radical (unpaired) electrons. The van der Waals surface area contributed by atoms with Gasteiger partial charge in [0.1, 0.15) is 0 Å². The lowest BCUT2D eigenvalue weighted by molar-refractivity contribution is -0.229. The van der Waals surface area contributed by atoms with E-state index in [0.717, 1.165) is 5.56 Å². The molecule has 0 unspecified atom stereocenters. The van der Waals surface area contributed by atoms with Crippen LogP contribution in [0.2, 0.25) is 0 Å². The first-order valence-corrected chi connectivity index (χ1v) is 6.11. The minimum atomic E-state index is -0.761. The molecule has 4 nitrogen and oxygen atoms in total. The van der Waals surface area contributed by atoms with Gasteiger partial charge in [0.05, 0.1) is 14.2 Å². The molecule has 4 heteroatoms. The van der Waals surface area contributed by atoms with Gasteiger partial charge in [-0.3, -0.25) is 0 Å². The Balaban J connectivity index is 3.12. The van der Waals surface area contributed by atoms with Crippen LogP contribution in [0.25, 0.3) is 0 Å². The Morgan fingerprint density at radius 2 is 1.50 bits per heavy atom. The average molecular weight is 254 g/mol. The lowest BCUT2D eigenvalue weighted by Gasteiger charge is -2.30. The fourth-order valence-electron chi connectivity index (χ4n) is 1.88. The monoisotopic (exact) mass is 254 g/mol. The molecule has 0 fully saturated rings. The highest BCUT2D eigenvalue weighted by atomic mass is 16.7. The summed E-state index contributed by atoms with van der Waals surface area (Å²) in [4.78, 5) is 0. The third kappa shape index (κ3) is 3.15. The van der Waals surface area contributed by atoms with Gasteiger partial charge in [-0.25, -0.2) is 0 Å². The molecule has 0 saturated heterocycles. The third-order valence-corrected chi connectivity index (χ3v) is 2.75. The molecular weight excluding hydrogens is 232 g/mol. The van der Waals surface area contributed by atoms with Crippen LogP contribution in [0.1, 0.15) is 26.3 Å². The Morgan fingerprint density at radius 1 is 0.944 bits per heavy atom. The normalized spacial score (nSPS) is 11.4. The zero-order valence-electron chi connectivity index (χ0n) is 11.8. The van der Waals surface area contributed by atoms with E-state index >= 15 is 0 Å². The van der Waals surface area contributed by atoms with Crippen LogP contribution < -0.4 is 9.47 Å². The molecule has 0 aliphatic carbocycles. The molecule has 0 heterocycles. The van der Waals surface area contributed by atoms with Crippen molar-refractivity contribution in [2.75, 3.05) is 27.4 Å². The molecule has 0 aliphatic rings. The largest absolute Gasteiger partial charge is 0.493 e. The number of methoxy groups -OCH3 is 2. The summed E-state index contributed by atoms with van der Waals surface area (Å²) in [6.07, 6.45) is 0. The highest BCUT2D eigenvalue weighted by molar-refractivity contribution is 5.44. The lowest BCUT2D eigenvalue weighted by Crippen LogP contribution is -2.29. The van der Waals surface area contributed by atoms with Gasteiger partial charge >= 0.3 is 0 Å². The smallest absolute Gasteiger partial charge is 0.191 e. The second kappa shape index (κ2) is 6.61. The van der Waals surface area contributed by atoms with Crippen LogP contribution in [0.15, 0.2) is 18.2 Å². The van der Waals surface area contributed by atoms with E-state index in [1.165, 1.54) is 0 Å². The van der Waals surface area contributed by atoms with Crippen LogP contribution in [-0.4, -0.2) is 27.4 Å². The van der Waals surface area contributed by atoms with Crippen molar-refractivity contribution in [1.82, 2.24) is 0 Å². The quantitative estimate of drug-likeness (QED) is 0.701. The zero-order valence-corrected chi connectivity index (χ0v) is 11.8. The maximum atomic E-state index is 5.71. The Hall–Kier alpha value is -1.26. The van der Waals surface area contributed by atoms with Crippen LogP contribution in [0.3, 0.4) is 0 Å². The van der Waals surface area contributed by atoms with Crippen molar-refractivity contribution < 1.29 is 18.9 Å². The first-order chi connectivity index (χ1) is 8.61. The van der Waals surface area contributed by atoms with Crippen molar-refractivity contribution in [3.63, 3.8) is 0 Å². The Kier molecular flexibility index (Phi) is 5.44. The second-order valence-electron chi connectivity index (χ2n) is 3.88. The van der Waals surface area contributed by atoms with Gasteiger partial charge in [-0.05, 0) is 39.0 Å². The fraction of sp³-hybridized carbons (Fsp3) is 0.571. The molecular formula is C14H22O4. The summed E-state index contributed by atoms with van der Waals surface area (Å²) in [6.45, 7) is 6.94. The van der Waals surface area contributed by atoms with Gasteiger partial charge in [0.2, 0.25) is 0 Å². The molecule has 0 N–H and O–H groups in total. The number of hydrogen-bond donors (Lipinski definition) is 0. The van der Waals surface area contributed by atoms with E-state index in [-0.39, 0.29) is 0 Å². The molecule has 0 aliphatic heterocycles. The molecule has 1 rings (SSSR count). The van der Waals surface area contributed by atoms with Crippen molar-refractivity contribution in [2.45, 2.75) is 26.6 Å². The summed E-state index contributed by atoms with van der Waals surface area (Å²) in [7, 11) is 3.22. The summed E-state index contributed by atoms with van der Waals surface area (Å²) in [5.41, 5.74) is 0.906. The topological polar surface area (TPSA) is 36.9 Å². The predicted octanol–water partition coefficient (Wildman–Crippen LogP) is 2.95. The van der Waals surface area contributed by atoms with Crippen molar-refractivity contribution in [3.8, 4) is 11.5 Å². The summed E-state index contributed by atoms with van der Waals surface area (Å²) in [6, 6.07) is 5.65. The molecule has 18 heavy (non-hydrogen) atoms. The number of rotatable bonds is 7. The van der Waals surface area contributed by atoms with Crippen molar-refractivity contribution in [3.05, 3.63) is 23.8 Å². The lowest BCUT2D eigenvalue weighted by atomic mass is 10.1. The standard InChI is InChI=1S/C14H22O4/c1-6-17-14(3,18-7-2)11-8-9-12(15-4)13(10-11)16-5/h8-10H,6-7H2,1-5H3. The van der Waals surface area contributed by atoms with E-state index in [0.29, 0.717) is 24.7 Å². The first-order valence-electron chi connectivity index (χ1n) is 6.11. The SMILES string of the molecule is CCOC(C)(OCC)c1ccc(OC)c(OC)c1. The maximum absolute atomic E-state index is 5.71. The van der Waals surface area contributed by atoms with E-state index in [1.54, 1.807) is 14.2 Å². The van der Waals surface area contributed by atoms with Gasteiger partial charge in [0, 0.05) is 18.8 Å². The van der Waals surface area contributed by atoms with Gasteiger partial charge in [0.25, 0.3) is 0 Å². The number of hydrogen-bond acceptors (Lipinski definition) is 4. The van der Waals surface area contributed by atoms with Crippen LogP contribution in [0.5, 0.6) is 11.5 Å². The highest BCUT2D eigenvalue weighted by Crippen LogP contribution is 2.34. The van der Waals surface area contributed by atoms with Gasteiger partial charge < -0.3 is 18.9 Å². The zero-order chi connectivity index (χ0) is 13.6. The Labute approximate surface area is 109 Å². The van der Waals surface area contributed by atoms with E-state index in [2.05, 4.69) is 0 Å². The van der Waals surface area contributed by atoms with Gasteiger partial charge in [-0.15, -0.1) is 0 Å². The fourth-order valence-corrected chi connectivity index (χ4v) is 1.88. The first kappa shape index (κ1) is 14.8. The Morgan fingerprint density at radius 3 is 1.94 bits per heavy atom. The van der Waals surface area contributed by atoms with Crippen LogP contribution in [0, 0.1) is 0 Å². The molecule has 0 atom stereocenters. The van der Waals surface area contributed by atoms with Gasteiger partial charge in [-0.1, -0.05) is 0 Å². The summed E-state index contributed by atoms with van der Waals surface area (Å²) >= 11 is 0. The number of benzene rings is 1. The average Bonchev–Trinajstić information content (AvgIpc) is 2.38. The molecule has 0 bridgehead atoms. The van der Waals surface area contributed by atoms with Crippen LogP contribution >= 0.6 is 0 Å². The molecule has 102 valence electrons. The predicted molar refractivity (Wildman–Crippen MR) is 70.2 cm³/mol. The van der Waals surface area contributed by atoms with Crippen molar-refractivity contribution in [2.24, 2.45) is 0 Å². The summed E-state index contributed by atoms with van der Waals surface area (Å²) < 4.78 is 21.9. The second-order valence-corrected chi connectivity index (χ2v) is 3.88. The molecule has 0 amide bonds. The minimum absolute atomic E-state index is 0.574. The molecule has 0 spiro atoms. The van der Waals surface area contributed by atoms with E-state index in [4.69, 9.17) is 18.9 Å². The van der Waals surface area contributed by atoms with Gasteiger partial charge in [0.15, 0.2) is 17.3 Å². The Bertz CT molecular complexity index is 370. The van der Waals surface area contributed by atoms with Crippen molar-refractivity contribution >= 4 is 0 Å². The molecule has 1 aromatic rings. The van der Waals surface area contributed by atoms with Crippen LogP contribution in [0.4, 0.5) is 0 Å².